The third kappa shape index (κ3) is 6.70. The fourth-order valence-electron chi connectivity index (χ4n) is 11.0. The molecule has 0 atom stereocenters. The maximum atomic E-state index is 6.50. The first-order chi connectivity index (χ1) is 35.7. The smallest absolute Gasteiger partial charge is 0.157 e. The average molecular weight is 922 g/mol. The van der Waals surface area contributed by atoms with Gasteiger partial charge in [-0.25, -0.2) is 4.99 Å². The summed E-state index contributed by atoms with van der Waals surface area (Å²) in [6, 6.07) is 81.3. The quantitative estimate of drug-likeness (QED) is 0.0908. The van der Waals surface area contributed by atoms with Crippen LogP contribution in [0, 0.1) is 0 Å². The highest BCUT2D eigenvalue weighted by atomic mass is 16.3. The van der Waals surface area contributed by atoms with E-state index in [2.05, 4.69) is 193 Å². The molecule has 11 aromatic carbocycles. The van der Waals surface area contributed by atoms with E-state index in [1.54, 1.807) is 0 Å². The molecule has 3 aromatic heterocycles. The summed E-state index contributed by atoms with van der Waals surface area (Å²) < 4.78 is 15.1. The summed E-state index contributed by atoms with van der Waals surface area (Å²) in [6.45, 7) is 4.89. The molecule has 0 unspecified atom stereocenters. The highest BCUT2D eigenvalue weighted by Crippen LogP contribution is 2.45. The molecule has 0 N–H and O–H groups in total. The summed E-state index contributed by atoms with van der Waals surface area (Å²) in [4.78, 5) is 10.9. The fraction of sp³-hybridized carbons (Fsp3) is 0.0149. The normalized spacial score (nSPS) is 12.4. The van der Waals surface area contributed by atoms with Crippen LogP contribution in [0.2, 0.25) is 0 Å². The zero-order valence-corrected chi connectivity index (χ0v) is 39.1. The molecule has 0 spiro atoms. The number of hydrogen-bond donors (Lipinski definition) is 0. The predicted octanol–water partition coefficient (Wildman–Crippen LogP) is 18.0. The Kier molecular flexibility index (Phi) is 9.68. The van der Waals surface area contributed by atoms with Crippen molar-refractivity contribution in [3.05, 3.63) is 254 Å². The minimum atomic E-state index is 0.401. The molecule has 14 aromatic rings. The van der Waals surface area contributed by atoms with E-state index >= 15 is 0 Å². The first-order valence-corrected chi connectivity index (χ1v) is 24.4. The van der Waals surface area contributed by atoms with Gasteiger partial charge in [0.05, 0.1) is 17.6 Å². The van der Waals surface area contributed by atoms with Gasteiger partial charge in [-0.1, -0.05) is 207 Å². The largest absolute Gasteiger partial charge is 0.456 e. The lowest BCUT2D eigenvalue weighted by molar-refractivity contribution is 0.668. The monoisotopic (exact) mass is 921 g/mol. The van der Waals surface area contributed by atoms with Crippen LogP contribution in [0.3, 0.4) is 0 Å². The van der Waals surface area contributed by atoms with Gasteiger partial charge in [-0.15, -0.1) is 0 Å². The van der Waals surface area contributed by atoms with Crippen molar-refractivity contribution >= 4 is 98.9 Å². The summed E-state index contributed by atoms with van der Waals surface area (Å²) in [5.74, 6) is 1.27. The van der Waals surface area contributed by atoms with Crippen molar-refractivity contribution in [3.63, 3.8) is 0 Å². The van der Waals surface area contributed by atoms with Crippen LogP contribution in [-0.2, 0) is 6.54 Å². The molecule has 3 heterocycles. The van der Waals surface area contributed by atoms with Gasteiger partial charge >= 0.3 is 0 Å². The van der Waals surface area contributed by atoms with Gasteiger partial charge in [0, 0.05) is 54.4 Å². The number of furan rings is 2. The standard InChI is InChI=1S/C67H43N3O2/c1-2-62(69-67(43-18-4-3-5-19-43)68-41-42-36-37-54-52-26-10-12-34-59(52)71-61(54)38-42)70-64-48(30-16-33-58(64)63-55-28-8-6-24-50(55)51-25-7-9-29-56(51)65(63)70)46-22-14-20-44(39-46)45-21-15-23-47(40-45)49-31-17-32-57-53-27-11-13-35-60(53)72-66(49)57/h2-40H,1,41H2. The van der Waals surface area contributed by atoms with E-state index in [1.165, 1.54) is 16.2 Å². The van der Waals surface area contributed by atoms with Gasteiger partial charge in [0.25, 0.3) is 0 Å². The number of aromatic nitrogens is 1. The Balaban J connectivity index is 0.968. The van der Waals surface area contributed by atoms with Crippen LogP contribution in [-0.4, -0.2) is 16.2 Å². The first kappa shape index (κ1) is 41.4. The van der Waals surface area contributed by atoms with Crippen LogP contribution in [0.25, 0.3) is 121 Å². The average Bonchev–Trinajstić information content (AvgIpc) is 4.14. The maximum Gasteiger partial charge on any atom is 0.157 e. The second-order valence-electron chi connectivity index (χ2n) is 18.4. The lowest BCUT2D eigenvalue weighted by atomic mass is 9.94. The van der Waals surface area contributed by atoms with Crippen molar-refractivity contribution in [3.8, 4) is 33.4 Å². The van der Waals surface area contributed by atoms with Crippen molar-refractivity contribution in [2.24, 2.45) is 9.98 Å². The van der Waals surface area contributed by atoms with E-state index in [9.17, 15) is 0 Å². The summed E-state index contributed by atoms with van der Waals surface area (Å²) in [6.07, 6.45) is 1.88. The molecule has 0 saturated carbocycles. The Labute approximate surface area is 414 Å². The third-order valence-corrected chi connectivity index (χ3v) is 14.3. The van der Waals surface area contributed by atoms with Gasteiger partial charge in [-0.05, 0) is 80.4 Å². The third-order valence-electron chi connectivity index (χ3n) is 14.3. The molecule has 0 radical (unpaired) electrons. The second kappa shape index (κ2) is 16.8. The van der Waals surface area contributed by atoms with Crippen LogP contribution in [0.1, 0.15) is 11.1 Å². The van der Waals surface area contributed by atoms with Crippen LogP contribution in [0.15, 0.2) is 262 Å². The predicted molar refractivity (Wildman–Crippen MR) is 301 cm³/mol. The van der Waals surface area contributed by atoms with Crippen molar-refractivity contribution in [1.29, 1.82) is 0 Å². The van der Waals surface area contributed by atoms with Gasteiger partial charge in [0.15, 0.2) is 5.84 Å². The van der Waals surface area contributed by atoms with Crippen LogP contribution < -0.4 is 0 Å². The number of amidine groups is 1. The summed E-state index contributed by atoms with van der Waals surface area (Å²) in [5, 5.41) is 11.4. The number of aliphatic imine (C=N–C) groups is 2. The van der Waals surface area contributed by atoms with Crippen molar-refractivity contribution < 1.29 is 8.83 Å². The SMILES string of the molecule is C=CC(=NC(=NCc1ccc2c(c1)oc1ccccc12)c1ccccc1)n1c2c(-c3cccc(-c4cccc(-c5cccc6c5oc5ccccc56)c4)c3)cccc2c2c3ccccc3c3ccccc3c21. The van der Waals surface area contributed by atoms with Gasteiger partial charge in [-0.2, -0.15) is 0 Å². The van der Waals surface area contributed by atoms with E-state index in [0.29, 0.717) is 18.2 Å². The zero-order valence-electron chi connectivity index (χ0n) is 39.1. The molecular formula is C67H43N3O2. The van der Waals surface area contributed by atoms with Gasteiger partial charge in [-0.3, -0.25) is 9.56 Å². The van der Waals surface area contributed by atoms with Gasteiger partial charge in [0.1, 0.15) is 28.2 Å². The molecule has 0 aliphatic carbocycles. The van der Waals surface area contributed by atoms with Crippen LogP contribution in [0.4, 0.5) is 0 Å². The Bertz CT molecular complexity index is 4570. The topological polar surface area (TPSA) is 55.9 Å². The Hall–Kier alpha value is -9.58. The summed E-state index contributed by atoms with van der Waals surface area (Å²) >= 11 is 0. The molecule has 338 valence electrons. The van der Waals surface area contributed by atoms with Crippen molar-refractivity contribution in [2.75, 3.05) is 0 Å². The molecule has 5 heteroatoms. The molecule has 0 fully saturated rings. The number of hydrogen-bond acceptors (Lipinski definition) is 3. The molecule has 14 rings (SSSR count). The van der Waals surface area contributed by atoms with E-state index in [-0.39, 0.29) is 0 Å². The minimum absolute atomic E-state index is 0.401. The lowest BCUT2D eigenvalue weighted by Crippen LogP contribution is -2.13. The second-order valence-corrected chi connectivity index (χ2v) is 18.4. The Morgan fingerprint density at radius 3 is 1.69 bits per heavy atom. The van der Waals surface area contributed by atoms with E-state index in [1.807, 2.05) is 54.6 Å². The van der Waals surface area contributed by atoms with Crippen LogP contribution in [0.5, 0.6) is 0 Å². The Morgan fingerprint density at radius 1 is 0.417 bits per heavy atom. The molecule has 0 aliphatic heterocycles. The molecule has 5 nitrogen and oxygen atoms in total. The maximum absolute atomic E-state index is 6.50. The van der Waals surface area contributed by atoms with Gasteiger partial charge in [0.2, 0.25) is 0 Å². The molecule has 72 heavy (non-hydrogen) atoms. The van der Waals surface area contributed by atoms with Gasteiger partial charge < -0.3 is 8.83 Å². The number of benzene rings is 11. The zero-order chi connectivity index (χ0) is 47.7. The fourth-order valence-corrected chi connectivity index (χ4v) is 11.0. The lowest BCUT2D eigenvalue weighted by Gasteiger charge is -2.15. The number of para-hydroxylation sites is 4. The molecule has 0 bridgehead atoms. The highest BCUT2D eigenvalue weighted by molar-refractivity contribution is 6.35. The van der Waals surface area contributed by atoms with Crippen molar-refractivity contribution in [1.82, 2.24) is 4.57 Å². The number of rotatable bonds is 7. The first-order valence-electron chi connectivity index (χ1n) is 24.4. The summed E-state index contributed by atoms with van der Waals surface area (Å²) in [7, 11) is 0. The van der Waals surface area contributed by atoms with E-state index in [4.69, 9.17) is 18.8 Å². The molecule has 0 amide bonds. The Morgan fingerprint density at radius 2 is 0.958 bits per heavy atom. The minimum Gasteiger partial charge on any atom is -0.456 e. The molecular weight excluding hydrogens is 879 g/mol. The summed E-state index contributed by atoms with van der Waals surface area (Å²) in [5.41, 5.74) is 14.1. The highest BCUT2D eigenvalue weighted by Gasteiger charge is 2.23. The van der Waals surface area contributed by atoms with Crippen molar-refractivity contribution in [2.45, 2.75) is 6.54 Å². The van der Waals surface area contributed by atoms with Crippen LogP contribution >= 0.6 is 0 Å². The molecule has 0 aliphatic rings. The number of nitrogens with zero attached hydrogens (tertiary/aromatic N) is 3. The van der Waals surface area contributed by atoms with E-state index in [0.717, 1.165) is 116 Å². The van der Waals surface area contributed by atoms with E-state index < -0.39 is 0 Å². The molecule has 0 saturated heterocycles. The number of allylic oxidation sites excluding steroid dienone is 1. The number of fused-ring (bicyclic) bond motifs is 14.